The number of aromatic hydroxyl groups is 3. The van der Waals surface area contributed by atoms with E-state index in [0.29, 0.717) is 13.1 Å². The maximum atomic E-state index is 14.4. The Hall–Kier alpha value is -5.16. The fourth-order valence-electron chi connectivity index (χ4n) is 7.92. The Kier molecular flexibility index (Phi) is 13.7. The van der Waals surface area contributed by atoms with Gasteiger partial charge in [-0.3, -0.25) is 19.4 Å². The first kappa shape index (κ1) is 44.9. The summed E-state index contributed by atoms with van der Waals surface area (Å²) >= 11 is 0. The molecule has 0 radical (unpaired) electrons. The number of likely N-dealkylation sites (N-methyl/N-ethyl adjacent to an activating group) is 1. The molecule has 0 spiro atoms. The largest absolute Gasteiger partial charge is 0.507 e. The van der Waals surface area contributed by atoms with Gasteiger partial charge in [0.15, 0.2) is 5.75 Å². The number of carbonyl (C=O) groups excluding carboxylic acids is 3. The lowest BCUT2D eigenvalue weighted by Gasteiger charge is -2.38. The number of methoxy groups -OCH3 is 1. The number of nitrogens with zero attached hydrogens (tertiary/aromatic N) is 3. The number of hydrazone groups is 1. The third-order valence-electron chi connectivity index (χ3n) is 11.9. The Morgan fingerprint density at radius 2 is 1.61 bits per heavy atom. The van der Waals surface area contributed by atoms with Crippen LogP contribution in [0.5, 0.6) is 23.0 Å². The Bertz CT molecular complexity index is 2070. The molecular weight excluding hydrogens is 764 g/mol. The predicted octanol–water partition coefficient (Wildman–Crippen LogP) is 4.34. The number of piperazine rings is 1. The number of hydrogen-bond acceptors (Lipinski definition) is 15. The van der Waals surface area contributed by atoms with Crippen LogP contribution >= 0.6 is 0 Å². The fraction of sp³-hybridized carbons (Fsp3) is 0.535. The molecule has 6 N–H and O–H groups in total. The van der Waals surface area contributed by atoms with Crippen molar-refractivity contribution in [3.8, 4) is 23.0 Å². The van der Waals surface area contributed by atoms with Crippen molar-refractivity contribution >= 4 is 40.3 Å². The monoisotopic (exact) mass is 822 g/mol. The summed E-state index contributed by atoms with van der Waals surface area (Å²) in [4.78, 5) is 42.6. The summed E-state index contributed by atoms with van der Waals surface area (Å²) in [5, 5.41) is 66.8. The molecule has 4 aliphatic heterocycles. The van der Waals surface area contributed by atoms with Crippen LogP contribution in [0.1, 0.15) is 70.0 Å². The van der Waals surface area contributed by atoms with Gasteiger partial charge in [0.05, 0.1) is 53.0 Å². The van der Waals surface area contributed by atoms with Gasteiger partial charge in [-0.1, -0.05) is 45.9 Å². The molecule has 1 fully saturated rings. The van der Waals surface area contributed by atoms with E-state index in [-0.39, 0.29) is 44.5 Å². The summed E-state index contributed by atoms with van der Waals surface area (Å²) in [6.45, 7) is 15.1. The van der Waals surface area contributed by atoms with Gasteiger partial charge >= 0.3 is 11.8 Å². The number of phenols is 3. The normalized spacial score (nSPS) is 32.1. The van der Waals surface area contributed by atoms with E-state index in [1.54, 1.807) is 44.9 Å². The molecule has 5 bridgehead atoms. The molecule has 6 rings (SSSR count). The second kappa shape index (κ2) is 18.0. The molecule has 4 aliphatic rings. The van der Waals surface area contributed by atoms with Gasteiger partial charge in [0.2, 0.25) is 0 Å². The van der Waals surface area contributed by atoms with E-state index in [0.717, 1.165) is 13.1 Å². The second-order valence-electron chi connectivity index (χ2n) is 16.1. The summed E-state index contributed by atoms with van der Waals surface area (Å²) in [6, 6.07) is 0. The molecule has 4 heterocycles. The van der Waals surface area contributed by atoms with E-state index in [1.807, 2.05) is 7.05 Å². The summed E-state index contributed by atoms with van der Waals surface area (Å²) in [5.74, 6) is -8.34. The predicted molar refractivity (Wildman–Crippen MR) is 220 cm³/mol. The number of phenolic OH excluding ortho intramolecular Hbond substituents is 3. The number of fused-ring (bicyclic) bond motifs is 14. The number of nitrogens with one attached hydrogen (secondary N) is 1. The topological polar surface area (TPSA) is 220 Å². The lowest BCUT2D eigenvalue weighted by atomic mass is 9.78. The minimum absolute atomic E-state index is 0.0559. The molecule has 0 aromatic heterocycles. The van der Waals surface area contributed by atoms with Gasteiger partial charge in [0, 0.05) is 87.3 Å². The van der Waals surface area contributed by atoms with E-state index in [1.165, 1.54) is 59.4 Å². The van der Waals surface area contributed by atoms with E-state index in [9.17, 15) is 39.9 Å². The molecular formula is C43H58N4O12. The van der Waals surface area contributed by atoms with Gasteiger partial charge in [0.1, 0.15) is 23.4 Å². The number of benzene rings is 2. The highest BCUT2D eigenvalue weighted by Gasteiger charge is 2.50. The highest BCUT2D eigenvalue weighted by Crippen LogP contribution is 2.55. The van der Waals surface area contributed by atoms with Gasteiger partial charge in [-0.2, -0.15) is 5.10 Å². The van der Waals surface area contributed by atoms with Crippen molar-refractivity contribution in [3.05, 3.63) is 52.8 Å². The molecule has 1 amide bonds. The number of anilines is 1. The quantitative estimate of drug-likeness (QED) is 0.109. The number of allylic oxidation sites excluding steroid dienone is 2. The minimum atomic E-state index is -2.04. The maximum Gasteiger partial charge on any atom is 0.312 e. The van der Waals surface area contributed by atoms with E-state index < -0.39 is 88.8 Å². The third-order valence-corrected chi connectivity index (χ3v) is 11.9. The lowest BCUT2D eigenvalue weighted by molar-refractivity contribution is -0.160. The Labute approximate surface area is 344 Å². The summed E-state index contributed by atoms with van der Waals surface area (Å²) < 4.78 is 23.6. The maximum absolute atomic E-state index is 14.4. The fourth-order valence-corrected chi connectivity index (χ4v) is 7.92. The van der Waals surface area contributed by atoms with Gasteiger partial charge < -0.3 is 54.7 Å². The van der Waals surface area contributed by atoms with Crippen LogP contribution in [0.25, 0.3) is 10.8 Å². The second-order valence-corrected chi connectivity index (χ2v) is 16.1. The number of rotatable bonds is 4. The summed E-state index contributed by atoms with van der Waals surface area (Å²) in [7, 11) is 3.42. The van der Waals surface area contributed by atoms with Crippen molar-refractivity contribution in [3.63, 3.8) is 0 Å². The number of esters is 1. The molecule has 2 aromatic carbocycles. The van der Waals surface area contributed by atoms with Crippen molar-refractivity contribution in [1.29, 1.82) is 0 Å². The summed E-state index contributed by atoms with van der Waals surface area (Å²) in [6.07, 6.45) is 4.86. The lowest BCUT2D eigenvalue weighted by Crippen LogP contribution is -2.46. The smallest absolute Gasteiger partial charge is 0.312 e. The number of ketones is 1. The van der Waals surface area contributed by atoms with E-state index in [2.05, 4.69) is 15.3 Å². The van der Waals surface area contributed by atoms with Crippen molar-refractivity contribution in [2.24, 2.45) is 28.8 Å². The van der Waals surface area contributed by atoms with Crippen LogP contribution in [0, 0.1) is 30.6 Å². The van der Waals surface area contributed by atoms with Gasteiger partial charge in [0.25, 0.3) is 11.7 Å². The molecule has 0 saturated carbocycles. The van der Waals surface area contributed by atoms with Gasteiger partial charge in [-0.05, 0) is 27.0 Å². The van der Waals surface area contributed by atoms with Crippen molar-refractivity contribution in [1.82, 2.24) is 9.91 Å². The van der Waals surface area contributed by atoms with Crippen LogP contribution in [0.15, 0.2) is 41.2 Å². The first-order chi connectivity index (χ1) is 27.7. The SMILES string of the molecule is CO[C@H]1/C=C/O[C@@]2(C)Oc3c(C)c(O)c4c(O)c(c(/C=N/N5CCN(C)CC5)c(O)c4c3C2=O)NC(=O)/C(C)=C\C=C\[C@@H](C)[C@@H](O)[C@@H](C)[C@H](O)[C@H](C)[C@H](OC(C)=O)[C@@H]1C. The average Bonchev–Trinajstić information content (AvgIpc) is 3.46. The molecule has 0 unspecified atom stereocenters. The molecule has 9 atom stereocenters. The molecule has 16 heteroatoms. The summed E-state index contributed by atoms with van der Waals surface area (Å²) in [5.41, 5.74) is -0.350. The standard InChI is InChI=1S/C43H58N4O12/c1-21-12-11-13-22(2)42(55)45-33-28(20-44-47-17-15-46(9)16-18-47)37(52)30-31(38(33)53)36(51)26(6)40-32(30)41(54)43(8,59-40)57-19-14-29(56-10)23(3)39(58-27(7)48)25(5)35(50)24(4)34(21)49/h11-14,19-21,23-25,29,34-35,39,49-53H,15-18H2,1-10H3,(H,45,55)/b12-11+,19-14+,22-13-,44-20+/t21-,23-,24-,25+,29+,34-,35+,39-,43+/m1/s1. The van der Waals surface area contributed by atoms with Crippen LogP contribution in [-0.4, -0.2) is 130 Å². The molecule has 2 aromatic rings. The van der Waals surface area contributed by atoms with Crippen LogP contribution in [0.3, 0.4) is 0 Å². The third kappa shape index (κ3) is 8.91. The number of aliphatic hydroxyl groups is 2. The highest BCUT2D eigenvalue weighted by molar-refractivity contribution is 6.23. The molecule has 0 aliphatic carbocycles. The van der Waals surface area contributed by atoms with Crippen molar-refractivity contribution in [2.45, 2.75) is 85.6 Å². The zero-order valence-corrected chi connectivity index (χ0v) is 35.3. The van der Waals surface area contributed by atoms with Crippen LogP contribution < -0.4 is 10.1 Å². The van der Waals surface area contributed by atoms with Gasteiger partial charge in [-0.25, -0.2) is 0 Å². The first-order valence-electron chi connectivity index (χ1n) is 19.8. The van der Waals surface area contributed by atoms with Crippen LogP contribution in [0.2, 0.25) is 0 Å². The number of carbonyl (C=O) groups is 3. The zero-order valence-electron chi connectivity index (χ0n) is 35.3. The van der Waals surface area contributed by atoms with Crippen LogP contribution in [-0.2, 0) is 23.8 Å². The molecule has 322 valence electrons. The highest BCUT2D eigenvalue weighted by atomic mass is 16.7. The van der Waals surface area contributed by atoms with Gasteiger partial charge in [-0.15, -0.1) is 0 Å². The molecule has 16 nitrogen and oxygen atoms in total. The Morgan fingerprint density at radius 1 is 0.949 bits per heavy atom. The number of amides is 1. The Balaban J connectivity index is 1.70. The number of Topliss-reactive ketones (excluding diaryl/α,β-unsaturated/α-hetero) is 1. The molecule has 59 heavy (non-hydrogen) atoms. The zero-order chi connectivity index (χ0) is 43.7. The van der Waals surface area contributed by atoms with Crippen molar-refractivity contribution in [2.75, 3.05) is 45.7 Å². The van der Waals surface area contributed by atoms with E-state index in [4.69, 9.17) is 18.9 Å². The Morgan fingerprint density at radius 3 is 2.24 bits per heavy atom. The van der Waals surface area contributed by atoms with Crippen molar-refractivity contribution < 1.29 is 58.9 Å². The number of aliphatic hydroxyl groups excluding tert-OH is 2. The minimum Gasteiger partial charge on any atom is -0.507 e. The first-order valence-corrected chi connectivity index (χ1v) is 19.8. The average molecular weight is 823 g/mol. The number of ether oxygens (including phenoxy) is 4. The number of hydrogen-bond donors (Lipinski definition) is 6. The molecule has 1 saturated heterocycles. The van der Waals surface area contributed by atoms with Crippen LogP contribution in [0.4, 0.5) is 5.69 Å². The van der Waals surface area contributed by atoms with E-state index >= 15 is 0 Å².